The van der Waals surface area contributed by atoms with Gasteiger partial charge in [-0.25, -0.2) is 0 Å². The largest absolute Gasteiger partial charge is 0.497 e. The summed E-state index contributed by atoms with van der Waals surface area (Å²) in [6.45, 7) is 6.10. The SMILES string of the molecule is CCOP(=O)(OCC)C(C#Cc1cccc(C)c1)Nc1ccc(OC)cc1. The van der Waals surface area contributed by atoms with Crippen molar-refractivity contribution in [2.75, 3.05) is 25.6 Å². The first-order valence-corrected chi connectivity index (χ1v) is 10.5. The van der Waals surface area contributed by atoms with Gasteiger partial charge in [0.25, 0.3) is 0 Å². The fourth-order valence-electron chi connectivity index (χ4n) is 2.46. The highest BCUT2D eigenvalue weighted by Crippen LogP contribution is 2.52. The van der Waals surface area contributed by atoms with Gasteiger partial charge in [0.2, 0.25) is 0 Å². The molecule has 0 bridgehead atoms. The molecule has 0 aliphatic rings. The fourth-order valence-corrected chi connectivity index (χ4v) is 4.08. The molecule has 5 nitrogen and oxygen atoms in total. The summed E-state index contributed by atoms with van der Waals surface area (Å²) >= 11 is 0. The standard InChI is InChI=1S/C21H26NO4P/c1-5-25-27(23,26-6-2)21(15-10-18-9-7-8-17(3)16-18)22-19-11-13-20(24-4)14-12-19/h7-9,11-14,16,21-22H,5-6H2,1-4H3. The van der Waals surface area contributed by atoms with E-state index in [1.54, 1.807) is 21.0 Å². The zero-order valence-corrected chi connectivity index (χ0v) is 17.1. The summed E-state index contributed by atoms with van der Waals surface area (Å²) in [5.74, 6) is 6.06. The number of ether oxygens (including phenoxy) is 1. The summed E-state index contributed by atoms with van der Waals surface area (Å²) in [7, 11) is -1.87. The van der Waals surface area contributed by atoms with Gasteiger partial charge in [0.15, 0.2) is 5.78 Å². The van der Waals surface area contributed by atoms with E-state index in [0.717, 1.165) is 22.6 Å². The number of anilines is 1. The van der Waals surface area contributed by atoms with Crippen molar-refractivity contribution in [2.45, 2.75) is 26.6 Å². The minimum Gasteiger partial charge on any atom is -0.497 e. The van der Waals surface area contributed by atoms with Crippen molar-refractivity contribution in [3.8, 4) is 17.6 Å². The van der Waals surface area contributed by atoms with Gasteiger partial charge in [-0.2, -0.15) is 0 Å². The first-order chi connectivity index (χ1) is 13.0. The molecule has 2 aromatic rings. The number of aryl methyl sites for hydroxylation is 1. The number of rotatable bonds is 8. The molecule has 1 atom stereocenters. The Morgan fingerprint density at radius 3 is 2.30 bits per heavy atom. The molecule has 0 spiro atoms. The Bertz CT molecular complexity index is 829. The smallest absolute Gasteiger partial charge is 0.364 e. The first-order valence-electron chi connectivity index (χ1n) is 8.88. The highest BCUT2D eigenvalue weighted by molar-refractivity contribution is 7.55. The lowest BCUT2D eigenvalue weighted by molar-refractivity contribution is 0.218. The Hall–Kier alpha value is -2.25. The first kappa shape index (κ1) is 21.1. The van der Waals surface area contributed by atoms with Crippen LogP contribution in [0.3, 0.4) is 0 Å². The molecule has 0 aliphatic heterocycles. The number of hydrogen-bond acceptors (Lipinski definition) is 5. The highest BCUT2D eigenvalue weighted by atomic mass is 31.2. The number of methoxy groups -OCH3 is 1. The van der Waals surface area contributed by atoms with Crippen LogP contribution in [0.2, 0.25) is 0 Å². The summed E-state index contributed by atoms with van der Waals surface area (Å²) in [6.07, 6.45) is 0. The van der Waals surface area contributed by atoms with Gasteiger partial charge in [-0.15, -0.1) is 0 Å². The molecule has 27 heavy (non-hydrogen) atoms. The molecule has 6 heteroatoms. The maximum absolute atomic E-state index is 13.3. The Morgan fingerprint density at radius 2 is 1.74 bits per heavy atom. The summed E-state index contributed by atoms with van der Waals surface area (Å²) in [4.78, 5) is 0. The van der Waals surface area contributed by atoms with Gasteiger partial charge in [0.05, 0.1) is 20.3 Å². The lowest BCUT2D eigenvalue weighted by Crippen LogP contribution is -2.21. The number of hydrogen-bond donors (Lipinski definition) is 1. The van der Waals surface area contributed by atoms with E-state index < -0.39 is 13.4 Å². The van der Waals surface area contributed by atoms with E-state index in [4.69, 9.17) is 13.8 Å². The summed E-state index contributed by atoms with van der Waals surface area (Å²) < 4.78 is 29.5. The van der Waals surface area contributed by atoms with Crippen LogP contribution in [0.15, 0.2) is 48.5 Å². The van der Waals surface area contributed by atoms with Crippen LogP contribution in [0, 0.1) is 18.8 Å². The minimum atomic E-state index is -3.48. The second-order valence-corrected chi connectivity index (χ2v) is 7.90. The summed E-state index contributed by atoms with van der Waals surface area (Å²) in [5.41, 5.74) is 2.70. The molecule has 1 unspecified atom stereocenters. The zero-order valence-electron chi connectivity index (χ0n) is 16.2. The lowest BCUT2D eigenvalue weighted by atomic mass is 10.1. The predicted octanol–water partition coefficient (Wildman–Crippen LogP) is 5.06. The normalized spacial score (nSPS) is 12.0. The van der Waals surface area contributed by atoms with Crippen LogP contribution in [0.25, 0.3) is 0 Å². The van der Waals surface area contributed by atoms with Crippen LogP contribution < -0.4 is 10.1 Å². The van der Waals surface area contributed by atoms with Gasteiger partial charge in [-0.3, -0.25) is 4.57 Å². The average molecular weight is 387 g/mol. The summed E-state index contributed by atoms with van der Waals surface area (Å²) in [5, 5.41) is 3.18. The quantitative estimate of drug-likeness (QED) is 0.507. The second-order valence-electron chi connectivity index (χ2n) is 5.79. The van der Waals surface area contributed by atoms with Gasteiger partial charge in [-0.05, 0) is 62.7 Å². The molecular formula is C21H26NO4P. The van der Waals surface area contributed by atoms with Crippen molar-refractivity contribution in [3.05, 3.63) is 59.7 Å². The van der Waals surface area contributed by atoms with E-state index in [0.29, 0.717) is 0 Å². The molecule has 0 aliphatic carbocycles. The number of nitrogens with one attached hydrogen (secondary N) is 1. The maximum atomic E-state index is 13.3. The van der Waals surface area contributed by atoms with Crippen LogP contribution in [0.1, 0.15) is 25.0 Å². The van der Waals surface area contributed by atoms with Crippen molar-refractivity contribution < 1.29 is 18.3 Å². The average Bonchev–Trinajstić information content (AvgIpc) is 2.66. The van der Waals surface area contributed by atoms with E-state index in [1.165, 1.54) is 0 Å². The molecule has 0 saturated heterocycles. The number of benzene rings is 2. The second kappa shape index (κ2) is 10.2. The van der Waals surface area contributed by atoms with E-state index >= 15 is 0 Å². The van der Waals surface area contributed by atoms with Gasteiger partial charge in [0, 0.05) is 11.3 Å². The van der Waals surface area contributed by atoms with Gasteiger partial charge < -0.3 is 19.1 Å². The molecule has 0 saturated carbocycles. The highest BCUT2D eigenvalue weighted by Gasteiger charge is 2.34. The molecule has 2 rings (SSSR count). The topological polar surface area (TPSA) is 56.8 Å². The monoisotopic (exact) mass is 387 g/mol. The van der Waals surface area contributed by atoms with Crippen LogP contribution in [-0.4, -0.2) is 26.1 Å². The molecule has 0 radical (unpaired) electrons. The molecule has 0 amide bonds. The molecule has 1 N–H and O–H groups in total. The minimum absolute atomic E-state index is 0.268. The summed E-state index contributed by atoms with van der Waals surface area (Å²) in [6, 6.07) is 15.1. The Labute approximate surface area is 161 Å². The van der Waals surface area contributed by atoms with Crippen LogP contribution in [0.4, 0.5) is 5.69 Å². The van der Waals surface area contributed by atoms with Crippen molar-refractivity contribution in [1.82, 2.24) is 0 Å². The molecule has 2 aromatic carbocycles. The lowest BCUT2D eigenvalue weighted by Gasteiger charge is -2.24. The van der Waals surface area contributed by atoms with E-state index in [-0.39, 0.29) is 13.2 Å². The predicted molar refractivity (Wildman–Crippen MR) is 109 cm³/mol. The molecule has 0 heterocycles. The molecule has 0 aromatic heterocycles. The van der Waals surface area contributed by atoms with Crippen LogP contribution >= 0.6 is 7.60 Å². The Balaban J connectivity index is 2.36. The van der Waals surface area contributed by atoms with Gasteiger partial charge in [-0.1, -0.05) is 24.0 Å². The van der Waals surface area contributed by atoms with Crippen molar-refractivity contribution in [1.29, 1.82) is 0 Å². The third kappa shape index (κ3) is 6.15. The Kier molecular flexibility index (Phi) is 7.94. The van der Waals surface area contributed by atoms with E-state index in [2.05, 4.69) is 17.2 Å². The van der Waals surface area contributed by atoms with E-state index in [1.807, 2.05) is 55.5 Å². The third-order valence-electron chi connectivity index (χ3n) is 3.70. The molecular weight excluding hydrogens is 361 g/mol. The maximum Gasteiger partial charge on any atom is 0.364 e. The Morgan fingerprint density at radius 1 is 1.07 bits per heavy atom. The fraction of sp³-hybridized carbons (Fsp3) is 0.333. The van der Waals surface area contributed by atoms with Gasteiger partial charge >= 0.3 is 7.60 Å². The van der Waals surface area contributed by atoms with Crippen LogP contribution in [0.5, 0.6) is 5.75 Å². The molecule has 144 valence electrons. The van der Waals surface area contributed by atoms with E-state index in [9.17, 15) is 4.57 Å². The van der Waals surface area contributed by atoms with Gasteiger partial charge in [0.1, 0.15) is 5.75 Å². The van der Waals surface area contributed by atoms with Crippen LogP contribution in [-0.2, 0) is 13.6 Å². The van der Waals surface area contributed by atoms with Crippen molar-refractivity contribution in [3.63, 3.8) is 0 Å². The third-order valence-corrected chi connectivity index (χ3v) is 5.83. The van der Waals surface area contributed by atoms with Crippen molar-refractivity contribution >= 4 is 13.3 Å². The molecule has 0 fully saturated rings. The zero-order chi connectivity index (χ0) is 19.7. The van der Waals surface area contributed by atoms with Crippen molar-refractivity contribution in [2.24, 2.45) is 0 Å².